The summed E-state index contributed by atoms with van der Waals surface area (Å²) in [5, 5.41) is 15.5. The molecule has 37 heavy (non-hydrogen) atoms. The van der Waals surface area contributed by atoms with Crippen molar-refractivity contribution in [1.29, 1.82) is 0 Å². The number of methoxy groups -OCH3 is 1. The molecule has 9 nitrogen and oxygen atoms in total. The Kier molecular flexibility index (Phi) is 6.58. The molecular formula is C27H26N6O3S. The minimum Gasteiger partial charge on any atom is -0.494 e. The van der Waals surface area contributed by atoms with E-state index in [2.05, 4.69) is 30.8 Å². The van der Waals surface area contributed by atoms with Gasteiger partial charge in [-0.2, -0.15) is 0 Å². The molecule has 3 aromatic heterocycles. The zero-order chi connectivity index (χ0) is 26.1. The highest BCUT2D eigenvalue weighted by molar-refractivity contribution is 7.80. The van der Waals surface area contributed by atoms with Gasteiger partial charge in [-0.05, 0) is 73.6 Å². The van der Waals surface area contributed by atoms with E-state index in [1.807, 2.05) is 44.2 Å². The number of nitro groups is 1. The fourth-order valence-corrected chi connectivity index (χ4v) is 5.33. The van der Waals surface area contributed by atoms with Crippen LogP contribution in [0.15, 0.2) is 73.2 Å². The van der Waals surface area contributed by atoms with Gasteiger partial charge in [0.05, 0.1) is 41.6 Å². The molecule has 4 aromatic rings. The van der Waals surface area contributed by atoms with E-state index in [0.29, 0.717) is 17.4 Å². The molecule has 188 valence electrons. The van der Waals surface area contributed by atoms with E-state index in [0.717, 1.165) is 33.9 Å². The molecule has 0 saturated carbocycles. The molecule has 4 heterocycles. The Morgan fingerprint density at radius 1 is 1.11 bits per heavy atom. The fraction of sp³-hybridized carbons (Fsp3) is 0.222. The highest BCUT2D eigenvalue weighted by atomic mass is 32.1. The van der Waals surface area contributed by atoms with Gasteiger partial charge in [-0.1, -0.05) is 6.07 Å². The minimum absolute atomic E-state index is 0.0210. The van der Waals surface area contributed by atoms with Gasteiger partial charge in [-0.3, -0.25) is 20.1 Å². The Hall–Kier alpha value is -4.31. The SMILES string of the molecule is COc1cc([N+](=O)[O-])ccc1-n1c(C)cc([C@H]2[C@@H](c3ccccn3)NC(=S)N2Cc2ccncc2)c1C. The third-order valence-corrected chi connectivity index (χ3v) is 7.06. The Bertz CT molecular complexity index is 1460. The molecule has 0 aliphatic carbocycles. The van der Waals surface area contributed by atoms with Crippen molar-refractivity contribution in [2.24, 2.45) is 0 Å². The average molecular weight is 515 g/mol. The van der Waals surface area contributed by atoms with Gasteiger partial charge >= 0.3 is 0 Å². The molecule has 0 amide bonds. The van der Waals surface area contributed by atoms with Crippen LogP contribution in [-0.4, -0.2) is 36.6 Å². The first-order valence-electron chi connectivity index (χ1n) is 11.8. The summed E-state index contributed by atoms with van der Waals surface area (Å²) in [4.78, 5) is 21.9. The lowest BCUT2D eigenvalue weighted by atomic mass is 9.96. The molecule has 1 fully saturated rings. The lowest BCUT2D eigenvalue weighted by Crippen LogP contribution is -2.29. The molecule has 5 rings (SSSR count). The van der Waals surface area contributed by atoms with Crippen LogP contribution in [0.3, 0.4) is 0 Å². The van der Waals surface area contributed by atoms with E-state index < -0.39 is 4.92 Å². The van der Waals surface area contributed by atoms with E-state index in [1.54, 1.807) is 24.7 Å². The van der Waals surface area contributed by atoms with Gasteiger partial charge < -0.3 is 19.5 Å². The molecule has 0 spiro atoms. The summed E-state index contributed by atoms with van der Waals surface area (Å²) in [7, 11) is 1.52. The maximum Gasteiger partial charge on any atom is 0.273 e. The van der Waals surface area contributed by atoms with Crippen LogP contribution in [0.25, 0.3) is 5.69 Å². The molecule has 1 aliphatic rings. The molecule has 2 atom stereocenters. The number of benzene rings is 1. The van der Waals surface area contributed by atoms with Crippen LogP contribution in [0.1, 0.15) is 40.3 Å². The molecule has 1 saturated heterocycles. The molecule has 0 unspecified atom stereocenters. The number of hydrogen-bond acceptors (Lipinski definition) is 6. The quantitative estimate of drug-likeness (QED) is 0.210. The number of aryl methyl sites for hydroxylation is 1. The predicted octanol–water partition coefficient (Wildman–Crippen LogP) is 4.97. The van der Waals surface area contributed by atoms with Crippen molar-refractivity contribution in [3.63, 3.8) is 0 Å². The third-order valence-electron chi connectivity index (χ3n) is 6.70. The highest BCUT2D eigenvalue weighted by Gasteiger charge is 2.41. The van der Waals surface area contributed by atoms with Crippen LogP contribution in [0, 0.1) is 24.0 Å². The van der Waals surface area contributed by atoms with Crippen LogP contribution in [0.5, 0.6) is 5.75 Å². The summed E-state index contributed by atoms with van der Waals surface area (Å²) in [5.41, 5.74) is 5.74. The van der Waals surface area contributed by atoms with E-state index in [-0.39, 0.29) is 17.8 Å². The van der Waals surface area contributed by atoms with Crippen molar-refractivity contribution in [1.82, 2.24) is 24.8 Å². The number of non-ortho nitro benzene ring substituents is 1. The molecule has 1 N–H and O–H groups in total. The second-order valence-corrected chi connectivity index (χ2v) is 9.27. The molecule has 1 aromatic carbocycles. The number of rotatable bonds is 7. The van der Waals surface area contributed by atoms with E-state index in [9.17, 15) is 10.1 Å². The Morgan fingerprint density at radius 2 is 1.89 bits per heavy atom. The highest BCUT2D eigenvalue weighted by Crippen LogP contribution is 2.43. The predicted molar refractivity (Wildman–Crippen MR) is 144 cm³/mol. The van der Waals surface area contributed by atoms with Crippen molar-refractivity contribution < 1.29 is 9.66 Å². The third kappa shape index (κ3) is 4.51. The summed E-state index contributed by atoms with van der Waals surface area (Å²) in [5.74, 6) is 0.428. The standard InChI is InChI=1S/C27H26N6O3S/c1-17-14-21(18(2)32(17)23-8-7-20(33(34)35)15-24(23)36-3)26-25(22-6-4-5-11-29-22)30-27(37)31(26)16-19-9-12-28-13-10-19/h4-15,25-26H,16H2,1-3H3,(H,30,37)/t25-,26+/m1/s1. The number of nitrogens with one attached hydrogen (secondary N) is 1. The topological polar surface area (TPSA) is 98.3 Å². The fourth-order valence-electron chi connectivity index (χ4n) is 5.02. The number of nitro benzene ring substituents is 1. The smallest absolute Gasteiger partial charge is 0.273 e. The Balaban J connectivity index is 1.63. The maximum absolute atomic E-state index is 11.3. The number of ether oxygens (including phenoxy) is 1. The van der Waals surface area contributed by atoms with Gasteiger partial charge in [-0.15, -0.1) is 0 Å². The Labute approximate surface area is 219 Å². The number of hydrogen-bond donors (Lipinski definition) is 1. The van der Waals surface area contributed by atoms with Gasteiger partial charge in [0, 0.05) is 42.6 Å². The van der Waals surface area contributed by atoms with Gasteiger partial charge in [0.1, 0.15) is 5.75 Å². The maximum atomic E-state index is 11.3. The van der Waals surface area contributed by atoms with Gasteiger partial charge in [0.2, 0.25) is 0 Å². The molecule has 0 bridgehead atoms. The summed E-state index contributed by atoms with van der Waals surface area (Å²) in [6.07, 6.45) is 5.34. The first-order chi connectivity index (χ1) is 17.9. The van der Waals surface area contributed by atoms with Crippen molar-refractivity contribution in [2.75, 3.05) is 7.11 Å². The van der Waals surface area contributed by atoms with Gasteiger partial charge in [0.25, 0.3) is 5.69 Å². The van der Waals surface area contributed by atoms with Crippen molar-refractivity contribution in [3.8, 4) is 11.4 Å². The van der Waals surface area contributed by atoms with Crippen LogP contribution in [-0.2, 0) is 6.54 Å². The van der Waals surface area contributed by atoms with Gasteiger partial charge in [0.15, 0.2) is 5.11 Å². The number of thiocarbonyl (C=S) groups is 1. The summed E-state index contributed by atoms with van der Waals surface area (Å²) in [6.45, 7) is 4.67. The second-order valence-electron chi connectivity index (χ2n) is 8.89. The molecule has 0 radical (unpaired) electrons. The summed E-state index contributed by atoms with van der Waals surface area (Å²) < 4.78 is 7.63. The lowest BCUT2D eigenvalue weighted by molar-refractivity contribution is -0.384. The van der Waals surface area contributed by atoms with E-state index in [4.69, 9.17) is 17.0 Å². The van der Waals surface area contributed by atoms with Gasteiger partial charge in [-0.25, -0.2) is 0 Å². The second kappa shape index (κ2) is 9.98. The van der Waals surface area contributed by atoms with Crippen LogP contribution in [0.4, 0.5) is 5.69 Å². The van der Waals surface area contributed by atoms with Crippen LogP contribution >= 0.6 is 12.2 Å². The van der Waals surface area contributed by atoms with Crippen molar-refractivity contribution in [3.05, 3.63) is 112 Å². The average Bonchev–Trinajstić information content (AvgIpc) is 3.39. The normalized spacial score (nSPS) is 17.1. The first-order valence-corrected chi connectivity index (χ1v) is 12.2. The van der Waals surface area contributed by atoms with Crippen LogP contribution in [0.2, 0.25) is 0 Å². The number of pyridine rings is 2. The largest absolute Gasteiger partial charge is 0.494 e. The summed E-state index contributed by atoms with van der Waals surface area (Å²) >= 11 is 5.83. The number of nitrogens with zero attached hydrogens (tertiary/aromatic N) is 5. The van der Waals surface area contributed by atoms with E-state index >= 15 is 0 Å². The zero-order valence-corrected chi connectivity index (χ0v) is 21.5. The molecule has 10 heteroatoms. The Morgan fingerprint density at radius 3 is 2.57 bits per heavy atom. The minimum atomic E-state index is -0.424. The molecule has 1 aliphatic heterocycles. The molecular weight excluding hydrogens is 488 g/mol. The number of aromatic nitrogens is 3. The zero-order valence-electron chi connectivity index (χ0n) is 20.7. The summed E-state index contributed by atoms with van der Waals surface area (Å²) in [6, 6.07) is 16.4. The van der Waals surface area contributed by atoms with Crippen LogP contribution < -0.4 is 10.1 Å². The monoisotopic (exact) mass is 514 g/mol. The van der Waals surface area contributed by atoms with Crippen molar-refractivity contribution >= 4 is 23.0 Å². The lowest BCUT2D eigenvalue weighted by Gasteiger charge is -2.28. The first kappa shape index (κ1) is 24.4. The van der Waals surface area contributed by atoms with Crippen molar-refractivity contribution in [2.45, 2.75) is 32.5 Å². The van der Waals surface area contributed by atoms with E-state index in [1.165, 1.54) is 19.2 Å².